The molecule has 0 aromatic heterocycles. The molecule has 16 heavy (non-hydrogen) atoms. The molecule has 0 bridgehead atoms. The quantitative estimate of drug-likeness (QED) is 0.281. The van der Waals surface area contributed by atoms with Crippen LogP contribution < -0.4 is 0 Å². The monoisotopic (exact) mass is 292 g/mol. The van der Waals surface area contributed by atoms with Crippen molar-refractivity contribution in [3.05, 3.63) is 10.5 Å². The van der Waals surface area contributed by atoms with E-state index < -0.39 is 0 Å². The number of allylic oxidation sites excluding steroid dienone is 1. The molecule has 0 fully saturated rings. The molecule has 2 nitrogen and oxygen atoms in total. The van der Waals surface area contributed by atoms with Crippen molar-refractivity contribution in [1.82, 2.24) is 0 Å². The zero-order chi connectivity index (χ0) is 12.2. The molecule has 0 radical (unpaired) electrons. The number of rotatable bonds is 9. The summed E-state index contributed by atoms with van der Waals surface area (Å²) in [5, 5.41) is 1.15. The van der Waals surface area contributed by atoms with Crippen LogP contribution >= 0.6 is 0 Å². The third-order valence-corrected chi connectivity index (χ3v) is 4.51. The Hall–Kier alpha value is -0.271. The van der Waals surface area contributed by atoms with Crippen LogP contribution in [-0.4, -0.2) is 27.5 Å². The molecule has 3 heteroatoms. The molecule has 0 saturated carbocycles. The van der Waals surface area contributed by atoms with Crippen LogP contribution in [0, 0.1) is 0 Å². The van der Waals surface area contributed by atoms with Crippen molar-refractivity contribution in [3.8, 4) is 0 Å². The second-order valence-corrected chi connectivity index (χ2v) is 6.02. The average molecular weight is 291 g/mol. The summed E-state index contributed by atoms with van der Waals surface area (Å²) in [4.78, 5) is 11.7. The van der Waals surface area contributed by atoms with Crippen molar-refractivity contribution in [2.24, 2.45) is 0 Å². The van der Waals surface area contributed by atoms with E-state index in [-0.39, 0.29) is 5.97 Å². The molecule has 0 rings (SSSR count). The number of unbranched alkanes of at least 4 members (excludes halogenated alkanes) is 3. The van der Waals surface area contributed by atoms with E-state index in [4.69, 9.17) is 4.74 Å². The Morgan fingerprint density at radius 1 is 1.19 bits per heavy atom. The first-order valence-corrected chi connectivity index (χ1v) is 8.33. The van der Waals surface area contributed by atoms with Gasteiger partial charge in [0.1, 0.15) is 0 Å². The van der Waals surface area contributed by atoms with Gasteiger partial charge < -0.3 is 0 Å². The molecule has 0 saturated heterocycles. The van der Waals surface area contributed by atoms with Gasteiger partial charge in [-0.3, -0.25) is 0 Å². The van der Waals surface area contributed by atoms with Gasteiger partial charge in [0.25, 0.3) is 0 Å². The fraction of sp³-hybridized carbons (Fsp3) is 0.769. The van der Waals surface area contributed by atoms with Gasteiger partial charge >= 0.3 is 106 Å². The zero-order valence-corrected chi connectivity index (χ0v) is 12.5. The number of carbonyl (C=O) groups excluding carboxylic acids is 1. The van der Waals surface area contributed by atoms with Crippen molar-refractivity contribution in [2.45, 2.75) is 58.2 Å². The minimum absolute atomic E-state index is 0.0882. The van der Waals surface area contributed by atoms with E-state index >= 15 is 0 Å². The normalized spacial score (nSPS) is 11.6. The van der Waals surface area contributed by atoms with E-state index in [1.54, 1.807) is 0 Å². The Kier molecular flexibility index (Phi) is 11.0. The van der Waals surface area contributed by atoms with Gasteiger partial charge in [-0.2, -0.15) is 0 Å². The maximum atomic E-state index is 11.7. The Bertz CT molecular complexity index is 212. The van der Waals surface area contributed by atoms with E-state index in [0.29, 0.717) is 21.6 Å². The summed E-state index contributed by atoms with van der Waals surface area (Å²) in [6.07, 6.45) is 7.86. The SMILES string of the molecule is CCCC/C=C(\[Se]CCCC)C(=O)OCC. The molecule has 0 unspecified atom stereocenters. The van der Waals surface area contributed by atoms with Gasteiger partial charge in [-0.05, 0) is 0 Å². The molecule has 0 aromatic carbocycles. The van der Waals surface area contributed by atoms with Gasteiger partial charge in [0, 0.05) is 0 Å². The van der Waals surface area contributed by atoms with E-state index in [2.05, 4.69) is 19.9 Å². The average Bonchev–Trinajstić information content (AvgIpc) is 2.28. The van der Waals surface area contributed by atoms with Crippen LogP contribution in [0.5, 0.6) is 0 Å². The molecule has 0 amide bonds. The molecule has 0 aromatic rings. The van der Waals surface area contributed by atoms with Crippen LogP contribution in [0.4, 0.5) is 0 Å². The summed E-state index contributed by atoms with van der Waals surface area (Å²) >= 11 is 0.302. The van der Waals surface area contributed by atoms with Gasteiger partial charge in [-0.25, -0.2) is 0 Å². The van der Waals surface area contributed by atoms with Crippen molar-refractivity contribution >= 4 is 20.9 Å². The molecule has 94 valence electrons. The Morgan fingerprint density at radius 2 is 1.88 bits per heavy atom. The standard InChI is InChI=1S/C13H24O2Se/c1-4-7-9-10-12(13(14)15-6-3)16-11-8-5-2/h10H,4-9,11H2,1-3H3/b12-10-. The predicted molar refractivity (Wildman–Crippen MR) is 69.7 cm³/mol. The van der Waals surface area contributed by atoms with E-state index in [1.807, 2.05) is 6.92 Å². The molecule has 0 aliphatic carbocycles. The van der Waals surface area contributed by atoms with Crippen molar-refractivity contribution in [1.29, 1.82) is 0 Å². The van der Waals surface area contributed by atoms with Crippen molar-refractivity contribution in [3.63, 3.8) is 0 Å². The first-order valence-electron chi connectivity index (χ1n) is 6.26. The third-order valence-electron chi connectivity index (χ3n) is 2.12. The van der Waals surface area contributed by atoms with E-state index in [9.17, 15) is 4.79 Å². The Labute approximate surface area is 106 Å². The minimum atomic E-state index is -0.0882. The van der Waals surface area contributed by atoms with Crippen molar-refractivity contribution < 1.29 is 9.53 Å². The van der Waals surface area contributed by atoms with Gasteiger partial charge in [0.15, 0.2) is 0 Å². The summed E-state index contributed by atoms with van der Waals surface area (Å²) in [6.45, 7) is 6.69. The fourth-order valence-corrected chi connectivity index (χ4v) is 3.40. The fourth-order valence-electron chi connectivity index (χ4n) is 1.17. The van der Waals surface area contributed by atoms with Crippen LogP contribution in [0.3, 0.4) is 0 Å². The molecular weight excluding hydrogens is 267 g/mol. The van der Waals surface area contributed by atoms with Crippen LogP contribution in [-0.2, 0) is 9.53 Å². The number of hydrogen-bond donors (Lipinski definition) is 0. The van der Waals surface area contributed by atoms with Crippen molar-refractivity contribution in [2.75, 3.05) is 6.61 Å². The predicted octanol–water partition coefficient (Wildman–Crippen LogP) is 3.55. The molecule has 0 N–H and O–H groups in total. The van der Waals surface area contributed by atoms with Crippen LogP contribution in [0.25, 0.3) is 0 Å². The van der Waals surface area contributed by atoms with E-state index in [0.717, 1.165) is 22.6 Å². The van der Waals surface area contributed by atoms with Gasteiger partial charge in [0.05, 0.1) is 0 Å². The maximum absolute atomic E-state index is 11.7. The third kappa shape index (κ3) is 7.95. The molecule has 0 aliphatic heterocycles. The molecule has 0 aliphatic rings. The molecular formula is C13H24O2Se. The summed E-state index contributed by atoms with van der Waals surface area (Å²) < 4.78 is 6.01. The zero-order valence-electron chi connectivity index (χ0n) is 10.8. The van der Waals surface area contributed by atoms with Gasteiger partial charge in [-0.15, -0.1) is 0 Å². The summed E-state index contributed by atoms with van der Waals surface area (Å²) in [7, 11) is 0. The Morgan fingerprint density at radius 3 is 2.44 bits per heavy atom. The van der Waals surface area contributed by atoms with Crippen LogP contribution in [0.2, 0.25) is 5.32 Å². The van der Waals surface area contributed by atoms with Crippen LogP contribution in [0.1, 0.15) is 52.9 Å². The first-order chi connectivity index (χ1) is 7.76. The Balaban J connectivity index is 4.14. The topological polar surface area (TPSA) is 26.3 Å². The molecule has 0 spiro atoms. The second-order valence-electron chi connectivity index (χ2n) is 3.63. The first kappa shape index (κ1) is 15.7. The van der Waals surface area contributed by atoms with Crippen LogP contribution in [0.15, 0.2) is 10.5 Å². The number of hydrogen-bond acceptors (Lipinski definition) is 2. The number of ether oxygens (including phenoxy) is 1. The number of esters is 1. The second kappa shape index (κ2) is 11.2. The summed E-state index contributed by atoms with van der Waals surface area (Å²) in [5.74, 6) is -0.0882. The summed E-state index contributed by atoms with van der Waals surface area (Å²) in [5.41, 5.74) is 0. The number of carbonyl (C=O) groups is 1. The molecule has 0 atom stereocenters. The van der Waals surface area contributed by atoms with Gasteiger partial charge in [-0.1, -0.05) is 0 Å². The molecule has 0 heterocycles. The van der Waals surface area contributed by atoms with Gasteiger partial charge in [0.2, 0.25) is 0 Å². The van der Waals surface area contributed by atoms with E-state index in [1.165, 1.54) is 19.3 Å². The summed E-state index contributed by atoms with van der Waals surface area (Å²) in [6, 6.07) is 0.